The van der Waals surface area contributed by atoms with Crippen LogP contribution in [0.2, 0.25) is 0 Å². The van der Waals surface area contributed by atoms with Gasteiger partial charge in [-0.3, -0.25) is 14.8 Å². The van der Waals surface area contributed by atoms with Crippen molar-refractivity contribution in [2.45, 2.75) is 0 Å². The molecule has 0 spiro atoms. The van der Waals surface area contributed by atoms with Crippen LogP contribution >= 0.6 is 0 Å². The van der Waals surface area contributed by atoms with E-state index >= 15 is 0 Å². The van der Waals surface area contributed by atoms with Crippen LogP contribution in [0.3, 0.4) is 0 Å². The van der Waals surface area contributed by atoms with Gasteiger partial charge >= 0.3 is 0 Å². The number of carbonyl (C=O) groups is 2. The number of anilines is 1. The summed E-state index contributed by atoms with van der Waals surface area (Å²) < 4.78 is 0. The van der Waals surface area contributed by atoms with Gasteiger partial charge < -0.3 is 5.32 Å². The number of hydrogen-bond donors (Lipinski definition) is 3. The first-order valence-electron chi connectivity index (χ1n) is 8.38. The van der Waals surface area contributed by atoms with Crippen LogP contribution in [0, 0.1) is 0 Å². The third-order valence-electron chi connectivity index (χ3n) is 4.64. The number of carbonyl (C=O) groups excluding carboxylic acids is 2. The standard InChI is InChI=1S/C22H16N2O3/c1-13-16-8-2-3-9-17(16)18-10-5-11-19(20(13)18)22(26)23-15-7-4-6-14(12-15)21(25)24-27/h2-12,27H,1H2,(H,23,26)(H,24,25). The molecule has 0 unspecified atom stereocenters. The Morgan fingerprint density at radius 2 is 1.52 bits per heavy atom. The van der Waals surface area contributed by atoms with Crippen LogP contribution in [-0.2, 0) is 0 Å². The molecule has 5 heteroatoms. The van der Waals surface area contributed by atoms with Crippen molar-refractivity contribution in [1.29, 1.82) is 0 Å². The molecule has 0 saturated heterocycles. The van der Waals surface area contributed by atoms with Crippen molar-refractivity contribution in [2.24, 2.45) is 0 Å². The summed E-state index contributed by atoms with van der Waals surface area (Å²) >= 11 is 0. The summed E-state index contributed by atoms with van der Waals surface area (Å²) in [5.41, 5.74) is 7.51. The molecule has 132 valence electrons. The summed E-state index contributed by atoms with van der Waals surface area (Å²) in [6.07, 6.45) is 0. The zero-order valence-electron chi connectivity index (χ0n) is 14.3. The van der Waals surface area contributed by atoms with E-state index in [2.05, 4.69) is 11.9 Å². The van der Waals surface area contributed by atoms with Gasteiger partial charge in [-0.2, -0.15) is 0 Å². The maximum absolute atomic E-state index is 12.9. The maximum Gasteiger partial charge on any atom is 0.274 e. The highest BCUT2D eigenvalue weighted by Crippen LogP contribution is 2.44. The van der Waals surface area contributed by atoms with Crippen molar-refractivity contribution in [3.05, 3.63) is 95.6 Å². The summed E-state index contributed by atoms with van der Waals surface area (Å²) in [5.74, 6) is -0.933. The average molecular weight is 356 g/mol. The molecule has 0 bridgehead atoms. The SMILES string of the molecule is C=C1c2ccccc2-c2cccc(C(=O)Nc3cccc(C(=O)NO)c3)c21. The van der Waals surface area contributed by atoms with Crippen molar-refractivity contribution < 1.29 is 14.8 Å². The Morgan fingerprint density at radius 1 is 0.815 bits per heavy atom. The number of benzene rings is 3. The summed E-state index contributed by atoms with van der Waals surface area (Å²) in [7, 11) is 0. The number of nitrogens with one attached hydrogen (secondary N) is 2. The minimum Gasteiger partial charge on any atom is -0.322 e. The Labute approximate surface area is 155 Å². The molecule has 0 aromatic heterocycles. The first-order chi connectivity index (χ1) is 13.1. The largest absolute Gasteiger partial charge is 0.322 e. The number of fused-ring (bicyclic) bond motifs is 3. The van der Waals surface area contributed by atoms with E-state index in [-0.39, 0.29) is 11.5 Å². The molecule has 3 aromatic carbocycles. The van der Waals surface area contributed by atoms with E-state index in [9.17, 15) is 9.59 Å². The molecule has 1 aliphatic rings. The van der Waals surface area contributed by atoms with Crippen molar-refractivity contribution in [2.75, 3.05) is 5.32 Å². The van der Waals surface area contributed by atoms with E-state index in [1.807, 2.05) is 36.4 Å². The van der Waals surface area contributed by atoms with Crippen molar-refractivity contribution in [3.63, 3.8) is 0 Å². The number of hydrogen-bond acceptors (Lipinski definition) is 3. The smallest absolute Gasteiger partial charge is 0.274 e. The van der Waals surface area contributed by atoms with Crippen LogP contribution in [-0.4, -0.2) is 17.0 Å². The lowest BCUT2D eigenvalue weighted by Crippen LogP contribution is -2.19. The predicted molar refractivity (Wildman–Crippen MR) is 104 cm³/mol. The third-order valence-corrected chi connectivity index (χ3v) is 4.64. The fraction of sp³-hybridized carbons (Fsp3) is 0. The molecule has 0 fully saturated rings. The summed E-state index contributed by atoms with van der Waals surface area (Å²) in [5, 5.41) is 11.6. The van der Waals surface area contributed by atoms with Gasteiger partial charge in [-0.05, 0) is 46.5 Å². The monoisotopic (exact) mass is 356 g/mol. The van der Waals surface area contributed by atoms with E-state index in [1.54, 1.807) is 29.7 Å². The van der Waals surface area contributed by atoms with Gasteiger partial charge in [-0.25, -0.2) is 5.48 Å². The Hall–Kier alpha value is -3.70. The van der Waals surface area contributed by atoms with E-state index in [1.165, 1.54) is 6.07 Å². The molecular formula is C22H16N2O3. The molecule has 5 nitrogen and oxygen atoms in total. The summed E-state index contributed by atoms with van der Waals surface area (Å²) in [6, 6.07) is 19.9. The number of rotatable bonds is 3. The summed E-state index contributed by atoms with van der Waals surface area (Å²) in [4.78, 5) is 24.5. The lowest BCUT2D eigenvalue weighted by atomic mass is 9.98. The highest BCUT2D eigenvalue weighted by atomic mass is 16.5. The normalized spacial score (nSPS) is 11.5. The van der Waals surface area contributed by atoms with Crippen LogP contribution in [0.1, 0.15) is 31.8 Å². The second-order valence-electron chi connectivity index (χ2n) is 6.23. The highest BCUT2D eigenvalue weighted by molar-refractivity contribution is 6.13. The van der Waals surface area contributed by atoms with Crippen LogP contribution in [0.15, 0.2) is 73.3 Å². The van der Waals surface area contributed by atoms with Crippen LogP contribution in [0.4, 0.5) is 5.69 Å². The minimum absolute atomic E-state index is 0.241. The fourth-order valence-corrected chi connectivity index (χ4v) is 3.41. The number of hydroxylamine groups is 1. The summed E-state index contributed by atoms with van der Waals surface area (Å²) in [6.45, 7) is 4.17. The lowest BCUT2D eigenvalue weighted by molar-refractivity contribution is 0.0706. The average Bonchev–Trinajstić information content (AvgIpc) is 3.00. The Balaban J connectivity index is 1.69. The van der Waals surface area contributed by atoms with Gasteiger partial charge in [0, 0.05) is 22.4 Å². The van der Waals surface area contributed by atoms with E-state index < -0.39 is 5.91 Å². The Morgan fingerprint density at radius 3 is 2.30 bits per heavy atom. The zero-order chi connectivity index (χ0) is 19.0. The van der Waals surface area contributed by atoms with E-state index in [0.717, 1.165) is 27.8 Å². The molecule has 0 aliphatic heterocycles. The molecule has 27 heavy (non-hydrogen) atoms. The van der Waals surface area contributed by atoms with Crippen LogP contribution in [0.5, 0.6) is 0 Å². The van der Waals surface area contributed by atoms with Crippen molar-refractivity contribution in [3.8, 4) is 11.1 Å². The molecule has 1 aliphatic carbocycles. The molecular weight excluding hydrogens is 340 g/mol. The van der Waals surface area contributed by atoms with E-state index in [0.29, 0.717) is 11.3 Å². The van der Waals surface area contributed by atoms with Crippen molar-refractivity contribution in [1.82, 2.24) is 5.48 Å². The first-order valence-corrected chi connectivity index (χ1v) is 8.38. The highest BCUT2D eigenvalue weighted by Gasteiger charge is 2.26. The molecule has 0 radical (unpaired) electrons. The predicted octanol–water partition coefficient (Wildman–Crippen LogP) is 4.10. The Bertz CT molecular complexity index is 1100. The molecule has 0 heterocycles. The Kier molecular flexibility index (Phi) is 4.06. The third kappa shape index (κ3) is 2.80. The zero-order valence-corrected chi connectivity index (χ0v) is 14.3. The molecule has 2 amide bonds. The topological polar surface area (TPSA) is 78.4 Å². The first kappa shape index (κ1) is 16.8. The maximum atomic E-state index is 12.9. The molecule has 0 atom stereocenters. The van der Waals surface area contributed by atoms with E-state index in [4.69, 9.17) is 5.21 Å². The van der Waals surface area contributed by atoms with Gasteiger partial charge in [0.25, 0.3) is 11.8 Å². The number of amides is 2. The van der Waals surface area contributed by atoms with Gasteiger partial charge in [-0.15, -0.1) is 0 Å². The second kappa shape index (κ2) is 6.55. The van der Waals surface area contributed by atoms with Gasteiger partial charge in [0.05, 0.1) is 0 Å². The van der Waals surface area contributed by atoms with Gasteiger partial charge in [0.15, 0.2) is 0 Å². The molecule has 3 aromatic rings. The molecule has 0 saturated carbocycles. The second-order valence-corrected chi connectivity index (χ2v) is 6.23. The van der Waals surface area contributed by atoms with Crippen LogP contribution in [0.25, 0.3) is 16.7 Å². The van der Waals surface area contributed by atoms with Crippen LogP contribution < -0.4 is 10.8 Å². The van der Waals surface area contributed by atoms with Gasteiger partial charge in [0.2, 0.25) is 0 Å². The lowest BCUT2D eigenvalue weighted by Gasteiger charge is -2.11. The van der Waals surface area contributed by atoms with Crippen molar-refractivity contribution >= 4 is 23.1 Å². The fourth-order valence-electron chi connectivity index (χ4n) is 3.41. The minimum atomic E-state index is -0.643. The van der Waals surface area contributed by atoms with Gasteiger partial charge in [-0.1, -0.05) is 49.0 Å². The van der Waals surface area contributed by atoms with Gasteiger partial charge in [0.1, 0.15) is 0 Å². The molecule has 4 rings (SSSR count). The quantitative estimate of drug-likeness (QED) is 0.382. The molecule has 3 N–H and O–H groups in total.